The van der Waals surface area contributed by atoms with Crippen molar-refractivity contribution in [3.63, 3.8) is 0 Å². The van der Waals surface area contributed by atoms with Gasteiger partial charge in [0.25, 0.3) is 0 Å². The number of hydrogen-bond acceptors (Lipinski definition) is 2. The topological polar surface area (TPSA) is 18.5 Å². The first kappa shape index (κ1) is 16.2. The minimum atomic E-state index is -5.44. The maximum absolute atomic E-state index is 13.1. The van der Waals surface area contributed by atoms with Crippen molar-refractivity contribution in [2.45, 2.75) is 0 Å². The Kier molecular flexibility index (Phi) is 6.34. The van der Waals surface area contributed by atoms with Gasteiger partial charge in [0.1, 0.15) is 11.6 Å². The average Bonchev–Trinajstić information content (AvgIpc) is 2.14. The normalized spacial score (nSPS) is 10.6. The standard InChI is InChI=1S/C8H8BF4O2.K/c1-14-5-3-6(10)8(9(11,12)13)7(4-5)15-2;/h3-4H,1-2H3;/q-1;+1. The van der Waals surface area contributed by atoms with Gasteiger partial charge < -0.3 is 22.4 Å². The maximum Gasteiger partial charge on any atom is 1.00 e. The third kappa shape index (κ3) is 3.63. The number of halogens is 4. The van der Waals surface area contributed by atoms with Crippen molar-refractivity contribution in [3.05, 3.63) is 17.9 Å². The summed E-state index contributed by atoms with van der Waals surface area (Å²) in [6, 6.07) is 1.67. The summed E-state index contributed by atoms with van der Waals surface area (Å²) < 4.78 is 59.5. The van der Waals surface area contributed by atoms with Crippen LogP contribution in [-0.4, -0.2) is 21.2 Å². The molecule has 0 heterocycles. The summed E-state index contributed by atoms with van der Waals surface area (Å²) in [5.41, 5.74) is -1.36. The molecule has 0 aliphatic heterocycles. The van der Waals surface area contributed by atoms with Crippen LogP contribution >= 0.6 is 0 Å². The molecule has 0 radical (unpaired) electrons. The van der Waals surface area contributed by atoms with E-state index < -0.39 is 24.0 Å². The predicted octanol–water partition coefficient (Wildman–Crippen LogP) is -1.10. The van der Waals surface area contributed by atoms with E-state index in [1.807, 2.05) is 0 Å². The quantitative estimate of drug-likeness (QED) is 0.508. The van der Waals surface area contributed by atoms with Crippen LogP contribution < -0.4 is 66.3 Å². The van der Waals surface area contributed by atoms with Crippen LogP contribution in [0.15, 0.2) is 12.1 Å². The Bertz CT molecular complexity index is 370. The van der Waals surface area contributed by atoms with Crippen LogP contribution in [0.1, 0.15) is 0 Å². The molecule has 0 saturated heterocycles. The zero-order valence-electron chi connectivity index (χ0n) is 9.06. The van der Waals surface area contributed by atoms with Crippen LogP contribution in [-0.2, 0) is 0 Å². The molecule has 0 fully saturated rings. The second-order valence-electron chi connectivity index (χ2n) is 2.80. The first-order valence-electron chi connectivity index (χ1n) is 4.01. The number of benzene rings is 1. The minimum absolute atomic E-state index is 0. The number of methoxy groups -OCH3 is 2. The van der Waals surface area contributed by atoms with E-state index in [9.17, 15) is 17.3 Å². The van der Waals surface area contributed by atoms with E-state index in [0.717, 1.165) is 13.2 Å². The Labute approximate surface area is 133 Å². The molecule has 0 aliphatic rings. The van der Waals surface area contributed by atoms with Crippen molar-refractivity contribution in [2.24, 2.45) is 0 Å². The summed E-state index contributed by atoms with van der Waals surface area (Å²) in [5.74, 6) is -1.98. The van der Waals surface area contributed by atoms with E-state index in [2.05, 4.69) is 9.47 Å². The van der Waals surface area contributed by atoms with Crippen LogP contribution in [0.25, 0.3) is 0 Å². The van der Waals surface area contributed by atoms with Crippen molar-refractivity contribution in [1.29, 1.82) is 0 Å². The van der Waals surface area contributed by atoms with Crippen LogP contribution in [0.3, 0.4) is 0 Å². The second kappa shape index (κ2) is 6.25. The van der Waals surface area contributed by atoms with E-state index >= 15 is 0 Å². The third-order valence-corrected chi connectivity index (χ3v) is 1.85. The van der Waals surface area contributed by atoms with Crippen molar-refractivity contribution in [3.8, 4) is 11.5 Å². The molecule has 16 heavy (non-hydrogen) atoms. The Hall–Kier alpha value is 0.241. The molecule has 0 aliphatic carbocycles. The summed E-state index contributed by atoms with van der Waals surface area (Å²) in [7, 11) is 2.27. The van der Waals surface area contributed by atoms with Crippen molar-refractivity contribution < 1.29 is 78.2 Å². The molecule has 0 bridgehead atoms. The van der Waals surface area contributed by atoms with Crippen molar-refractivity contribution in [2.75, 3.05) is 14.2 Å². The molecular formula is C8H8BF4KO2. The first-order chi connectivity index (χ1) is 6.90. The zero-order valence-corrected chi connectivity index (χ0v) is 12.2. The van der Waals surface area contributed by atoms with Gasteiger partial charge in [-0.15, -0.1) is 0 Å². The minimum Gasteiger partial charge on any atom is -0.500 e. The van der Waals surface area contributed by atoms with Crippen LogP contribution in [0.4, 0.5) is 17.3 Å². The maximum atomic E-state index is 13.1. The first-order valence-corrected chi connectivity index (χ1v) is 4.01. The molecule has 0 amide bonds. The van der Waals surface area contributed by atoms with E-state index in [-0.39, 0.29) is 57.1 Å². The van der Waals surface area contributed by atoms with E-state index in [4.69, 9.17) is 0 Å². The zero-order chi connectivity index (χ0) is 11.6. The van der Waals surface area contributed by atoms with Gasteiger partial charge in [0.15, 0.2) is 0 Å². The van der Waals surface area contributed by atoms with E-state index in [0.29, 0.717) is 6.07 Å². The Morgan fingerprint density at radius 3 is 2.00 bits per heavy atom. The fourth-order valence-corrected chi connectivity index (χ4v) is 1.17. The van der Waals surface area contributed by atoms with Gasteiger partial charge in [0.05, 0.1) is 20.0 Å². The molecular weight excluding hydrogens is 254 g/mol. The molecule has 0 N–H and O–H groups in total. The van der Waals surface area contributed by atoms with Gasteiger partial charge >= 0.3 is 58.4 Å². The summed E-state index contributed by atoms with van der Waals surface area (Å²) in [6.07, 6.45) is 0. The van der Waals surface area contributed by atoms with Gasteiger partial charge in [0, 0.05) is 12.1 Å². The van der Waals surface area contributed by atoms with Crippen LogP contribution in [0, 0.1) is 5.82 Å². The van der Waals surface area contributed by atoms with E-state index in [1.54, 1.807) is 0 Å². The molecule has 2 nitrogen and oxygen atoms in total. The average molecular weight is 262 g/mol. The van der Waals surface area contributed by atoms with Gasteiger partial charge in [-0.2, -0.15) is 0 Å². The summed E-state index contributed by atoms with van der Waals surface area (Å²) in [5, 5.41) is 0. The Balaban J connectivity index is 0.00000225. The molecule has 1 aromatic carbocycles. The summed E-state index contributed by atoms with van der Waals surface area (Å²) in [4.78, 5) is 0. The largest absolute Gasteiger partial charge is 1.00 e. The van der Waals surface area contributed by atoms with Gasteiger partial charge in [-0.1, -0.05) is 0 Å². The molecule has 1 rings (SSSR count). The smallest absolute Gasteiger partial charge is 0.500 e. The molecule has 0 unspecified atom stereocenters. The van der Waals surface area contributed by atoms with E-state index in [1.165, 1.54) is 7.11 Å². The molecule has 0 atom stereocenters. The third-order valence-electron chi connectivity index (χ3n) is 1.85. The molecule has 0 spiro atoms. The Morgan fingerprint density at radius 1 is 1.06 bits per heavy atom. The number of hydrogen-bond donors (Lipinski definition) is 0. The van der Waals surface area contributed by atoms with Gasteiger partial charge in [0.2, 0.25) is 0 Å². The molecule has 0 saturated carbocycles. The Morgan fingerprint density at radius 2 is 1.62 bits per heavy atom. The second-order valence-corrected chi connectivity index (χ2v) is 2.80. The summed E-state index contributed by atoms with van der Waals surface area (Å²) >= 11 is 0. The predicted molar refractivity (Wildman–Crippen MR) is 48.2 cm³/mol. The monoisotopic (exact) mass is 262 g/mol. The van der Waals surface area contributed by atoms with Gasteiger partial charge in [-0.25, -0.2) is 4.39 Å². The fourth-order valence-electron chi connectivity index (χ4n) is 1.17. The fraction of sp³-hybridized carbons (Fsp3) is 0.250. The van der Waals surface area contributed by atoms with Gasteiger partial charge in [-0.05, 0) is 5.46 Å². The molecule has 0 aromatic heterocycles. The molecule has 84 valence electrons. The van der Waals surface area contributed by atoms with Crippen molar-refractivity contribution in [1.82, 2.24) is 0 Å². The number of rotatable bonds is 3. The van der Waals surface area contributed by atoms with Crippen molar-refractivity contribution >= 4 is 12.4 Å². The molecule has 1 aromatic rings. The van der Waals surface area contributed by atoms with Gasteiger partial charge in [-0.3, -0.25) is 0 Å². The van der Waals surface area contributed by atoms with Crippen LogP contribution in [0.5, 0.6) is 11.5 Å². The van der Waals surface area contributed by atoms with Crippen LogP contribution in [0.2, 0.25) is 0 Å². The SMILES string of the molecule is COc1cc(F)c([B-](F)(F)F)c(OC)c1.[K+]. The summed E-state index contributed by atoms with van der Waals surface area (Å²) in [6.45, 7) is -5.44. The number of ether oxygens (including phenoxy) is 2. The molecule has 8 heteroatoms.